The third-order valence-corrected chi connectivity index (χ3v) is 3.51. The molecular formula is C19H11F3O3. The summed E-state index contributed by atoms with van der Waals surface area (Å²) >= 11 is 0. The first-order valence-electron chi connectivity index (χ1n) is 7.21. The predicted octanol–water partition coefficient (Wildman–Crippen LogP) is 5.26. The van der Waals surface area contributed by atoms with Crippen molar-refractivity contribution in [3.05, 3.63) is 83.7 Å². The molecule has 1 N–H and O–H groups in total. The number of halogens is 3. The summed E-state index contributed by atoms with van der Waals surface area (Å²) in [5.41, 5.74) is 0.890. The average molecular weight is 344 g/mol. The van der Waals surface area contributed by atoms with Crippen molar-refractivity contribution in [1.82, 2.24) is 0 Å². The van der Waals surface area contributed by atoms with Crippen molar-refractivity contribution >= 4 is 5.97 Å². The molecule has 6 heteroatoms. The molecule has 0 fully saturated rings. The van der Waals surface area contributed by atoms with Crippen LogP contribution in [0.2, 0.25) is 0 Å². The molecular weight excluding hydrogens is 333 g/mol. The Labute approximate surface area is 140 Å². The van der Waals surface area contributed by atoms with Gasteiger partial charge in [0.25, 0.3) is 0 Å². The Balaban J connectivity index is 2.15. The largest absolute Gasteiger partial charge is 0.478 e. The number of para-hydroxylation sites is 1. The number of rotatable bonds is 4. The van der Waals surface area contributed by atoms with Gasteiger partial charge in [0.05, 0.1) is 0 Å². The van der Waals surface area contributed by atoms with Crippen molar-refractivity contribution in [2.45, 2.75) is 0 Å². The lowest BCUT2D eigenvalue weighted by Gasteiger charge is -2.14. The summed E-state index contributed by atoms with van der Waals surface area (Å²) in [6.07, 6.45) is 0. The van der Waals surface area contributed by atoms with E-state index in [0.29, 0.717) is 23.3 Å². The van der Waals surface area contributed by atoms with Gasteiger partial charge in [0.15, 0.2) is 17.5 Å². The number of benzene rings is 3. The molecule has 0 aliphatic rings. The van der Waals surface area contributed by atoms with Gasteiger partial charge in [0.2, 0.25) is 0 Å². The summed E-state index contributed by atoms with van der Waals surface area (Å²) in [6, 6.07) is 14.5. The number of aromatic carboxylic acids is 1. The van der Waals surface area contributed by atoms with Crippen LogP contribution in [-0.4, -0.2) is 11.1 Å². The molecule has 0 saturated carbocycles. The van der Waals surface area contributed by atoms with Crippen molar-refractivity contribution in [3.8, 4) is 22.6 Å². The zero-order valence-electron chi connectivity index (χ0n) is 12.7. The molecule has 3 nitrogen and oxygen atoms in total. The summed E-state index contributed by atoms with van der Waals surface area (Å²) in [5.74, 6) is -6.18. The molecule has 3 rings (SSSR count). The number of carboxylic acid groups (broad SMARTS) is 1. The normalized spacial score (nSPS) is 10.5. The summed E-state index contributed by atoms with van der Waals surface area (Å²) in [4.78, 5) is 11.5. The Morgan fingerprint density at radius 1 is 0.880 bits per heavy atom. The Morgan fingerprint density at radius 3 is 2.12 bits per heavy atom. The lowest BCUT2D eigenvalue weighted by Crippen LogP contribution is -2.02. The third-order valence-electron chi connectivity index (χ3n) is 3.51. The second-order valence-corrected chi connectivity index (χ2v) is 5.16. The van der Waals surface area contributed by atoms with E-state index in [9.17, 15) is 23.1 Å². The van der Waals surface area contributed by atoms with Gasteiger partial charge in [-0.3, -0.25) is 0 Å². The zero-order chi connectivity index (χ0) is 18.0. The first kappa shape index (κ1) is 16.6. The lowest BCUT2D eigenvalue weighted by molar-refractivity contribution is 0.0694. The standard InChI is InChI=1S/C19H11F3O3/c20-15-9-12(10-16(21)17(15)22)25-18-13(11-5-2-1-3-6-11)7-4-8-14(18)19(23)24/h1-10H,(H,23,24). The van der Waals surface area contributed by atoms with E-state index in [0.717, 1.165) is 0 Å². The van der Waals surface area contributed by atoms with E-state index in [1.807, 2.05) is 0 Å². The molecule has 25 heavy (non-hydrogen) atoms. The van der Waals surface area contributed by atoms with Crippen LogP contribution < -0.4 is 4.74 Å². The monoisotopic (exact) mass is 344 g/mol. The topological polar surface area (TPSA) is 46.5 Å². The van der Waals surface area contributed by atoms with Crippen molar-refractivity contribution in [2.24, 2.45) is 0 Å². The molecule has 0 heterocycles. The van der Waals surface area contributed by atoms with Crippen molar-refractivity contribution < 1.29 is 27.8 Å². The first-order chi connectivity index (χ1) is 12.0. The minimum Gasteiger partial charge on any atom is -0.478 e. The van der Waals surface area contributed by atoms with Gasteiger partial charge in [-0.25, -0.2) is 18.0 Å². The van der Waals surface area contributed by atoms with Gasteiger partial charge in [0.1, 0.15) is 17.1 Å². The van der Waals surface area contributed by atoms with Gasteiger partial charge in [-0.2, -0.15) is 0 Å². The van der Waals surface area contributed by atoms with Gasteiger partial charge in [-0.15, -0.1) is 0 Å². The number of hydrogen-bond donors (Lipinski definition) is 1. The zero-order valence-corrected chi connectivity index (χ0v) is 12.7. The fraction of sp³-hybridized carbons (Fsp3) is 0. The maximum absolute atomic E-state index is 13.4. The average Bonchev–Trinajstić information content (AvgIpc) is 2.60. The molecule has 0 amide bonds. The third kappa shape index (κ3) is 3.33. The number of ether oxygens (including phenoxy) is 1. The van der Waals surface area contributed by atoms with Crippen LogP contribution >= 0.6 is 0 Å². The fourth-order valence-corrected chi connectivity index (χ4v) is 2.37. The van der Waals surface area contributed by atoms with E-state index in [4.69, 9.17) is 4.74 Å². The molecule has 0 radical (unpaired) electrons. The van der Waals surface area contributed by atoms with Crippen LogP contribution in [0.15, 0.2) is 60.7 Å². The second-order valence-electron chi connectivity index (χ2n) is 5.16. The van der Waals surface area contributed by atoms with Crippen LogP contribution in [0.5, 0.6) is 11.5 Å². The van der Waals surface area contributed by atoms with Crippen molar-refractivity contribution in [3.63, 3.8) is 0 Å². The molecule has 0 aromatic heterocycles. The molecule has 0 aliphatic carbocycles. The molecule has 0 atom stereocenters. The van der Waals surface area contributed by atoms with E-state index in [-0.39, 0.29) is 17.1 Å². The van der Waals surface area contributed by atoms with Crippen LogP contribution in [0.3, 0.4) is 0 Å². The van der Waals surface area contributed by atoms with Gasteiger partial charge in [0, 0.05) is 17.7 Å². The highest BCUT2D eigenvalue weighted by atomic mass is 19.2. The Morgan fingerprint density at radius 2 is 1.52 bits per heavy atom. The van der Waals surface area contributed by atoms with Crippen LogP contribution in [0.4, 0.5) is 13.2 Å². The Hall–Kier alpha value is -3.28. The Bertz CT molecular complexity index is 917. The maximum atomic E-state index is 13.4. The van der Waals surface area contributed by atoms with Crippen LogP contribution in [0.1, 0.15) is 10.4 Å². The van der Waals surface area contributed by atoms with Crippen LogP contribution in [0.25, 0.3) is 11.1 Å². The highest BCUT2D eigenvalue weighted by Crippen LogP contribution is 2.37. The van der Waals surface area contributed by atoms with Crippen LogP contribution in [-0.2, 0) is 0 Å². The van der Waals surface area contributed by atoms with E-state index >= 15 is 0 Å². The molecule has 3 aromatic carbocycles. The highest BCUT2D eigenvalue weighted by molar-refractivity contribution is 5.94. The van der Waals surface area contributed by atoms with Gasteiger partial charge >= 0.3 is 5.97 Å². The predicted molar refractivity (Wildman–Crippen MR) is 85.2 cm³/mol. The number of hydrogen-bond acceptors (Lipinski definition) is 2. The summed E-state index contributed by atoms with van der Waals surface area (Å²) in [7, 11) is 0. The highest BCUT2D eigenvalue weighted by Gasteiger charge is 2.19. The van der Waals surface area contributed by atoms with E-state index in [2.05, 4.69) is 0 Å². The molecule has 3 aromatic rings. The summed E-state index contributed by atoms with van der Waals surface area (Å²) in [6.45, 7) is 0. The van der Waals surface area contributed by atoms with Crippen LogP contribution in [0, 0.1) is 17.5 Å². The first-order valence-corrected chi connectivity index (χ1v) is 7.21. The molecule has 0 spiro atoms. The molecule has 0 bridgehead atoms. The van der Waals surface area contributed by atoms with E-state index in [1.165, 1.54) is 12.1 Å². The van der Waals surface area contributed by atoms with Crippen molar-refractivity contribution in [1.29, 1.82) is 0 Å². The molecule has 126 valence electrons. The number of carboxylic acids is 1. The molecule has 0 aliphatic heterocycles. The summed E-state index contributed by atoms with van der Waals surface area (Å²) in [5, 5.41) is 9.38. The second kappa shape index (κ2) is 6.68. The minimum absolute atomic E-state index is 0.0911. The van der Waals surface area contributed by atoms with Gasteiger partial charge < -0.3 is 9.84 Å². The lowest BCUT2D eigenvalue weighted by atomic mass is 10.0. The van der Waals surface area contributed by atoms with E-state index < -0.39 is 23.4 Å². The Kier molecular flexibility index (Phi) is 4.43. The van der Waals surface area contributed by atoms with Gasteiger partial charge in [-0.1, -0.05) is 42.5 Å². The SMILES string of the molecule is O=C(O)c1cccc(-c2ccccc2)c1Oc1cc(F)c(F)c(F)c1. The smallest absolute Gasteiger partial charge is 0.339 e. The molecule has 0 unspecified atom stereocenters. The fourth-order valence-electron chi connectivity index (χ4n) is 2.37. The maximum Gasteiger partial charge on any atom is 0.339 e. The van der Waals surface area contributed by atoms with Gasteiger partial charge in [-0.05, 0) is 11.6 Å². The van der Waals surface area contributed by atoms with E-state index in [1.54, 1.807) is 36.4 Å². The quantitative estimate of drug-likeness (QED) is 0.657. The molecule has 0 saturated heterocycles. The summed E-state index contributed by atoms with van der Waals surface area (Å²) < 4.78 is 45.4. The number of carbonyl (C=O) groups is 1. The van der Waals surface area contributed by atoms with Crippen molar-refractivity contribution in [2.75, 3.05) is 0 Å². The minimum atomic E-state index is -1.62.